The summed E-state index contributed by atoms with van der Waals surface area (Å²) in [5.41, 5.74) is 2.96. The zero-order chi connectivity index (χ0) is 22.2. The van der Waals surface area contributed by atoms with Gasteiger partial charge in [0, 0.05) is 30.2 Å². The van der Waals surface area contributed by atoms with Crippen molar-refractivity contribution in [1.82, 2.24) is 9.79 Å². The maximum atomic E-state index is 13.0. The lowest BCUT2D eigenvalue weighted by Crippen LogP contribution is -2.49. The molecule has 30 heavy (non-hydrogen) atoms. The minimum atomic E-state index is -3.93. The average molecular weight is 453 g/mol. The molecule has 3 N–H and O–H groups in total. The first-order valence-electron chi connectivity index (χ1n) is 9.23. The summed E-state index contributed by atoms with van der Waals surface area (Å²) in [6.45, 7) is 3.41. The van der Waals surface area contributed by atoms with Gasteiger partial charge in [-0.25, -0.2) is 13.9 Å². The Morgan fingerprint density at radius 3 is 2.33 bits per heavy atom. The van der Waals surface area contributed by atoms with Crippen LogP contribution >= 0.6 is 11.3 Å². The van der Waals surface area contributed by atoms with E-state index in [1.807, 2.05) is 31.1 Å². The number of hydrogen-bond acceptors (Lipinski definition) is 7. The van der Waals surface area contributed by atoms with Gasteiger partial charge in [0.2, 0.25) is 10.0 Å². The van der Waals surface area contributed by atoms with Gasteiger partial charge >= 0.3 is 0 Å². The van der Waals surface area contributed by atoms with Gasteiger partial charge in [0.25, 0.3) is 11.8 Å². The minimum absolute atomic E-state index is 0.00595. The summed E-state index contributed by atoms with van der Waals surface area (Å²) in [5.74, 6) is -1.46. The van der Waals surface area contributed by atoms with Gasteiger partial charge in [-0.05, 0) is 36.2 Å². The van der Waals surface area contributed by atoms with Crippen LogP contribution in [-0.2, 0) is 21.4 Å². The third-order valence-electron chi connectivity index (χ3n) is 4.86. The molecule has 2 amide bonds. The van der Waals surface area contributed by atoms with Gasteiger partial charge in [-0.15, -0.1) is 11.3 Å². The van der Waals surface area contributed by atoms with E-state index < -0.39 is 22.0 Å². The maximum absolute atomic E-state index is 13.0. The molecule has 1 aliphatic rings. The fourth-order valence-corrected chi connectivity index (χ4v) is 6.69. The van der Waals surface area contributed by atoms with Crippen molar-refractivity contribution in [3.63, 3.8) is 0 Å². The van der Waals surface area contributed by atoms with Gasteiger partial charge in [0.1, 0.15) is 6.04 Å². The molecule has 1 aromatic carbocycles. The molecular formula is C19H24N4O5S2. The molecule has 0 saturated carbocycles. The molecule has 0 aliphatic carbocycles. The molecule has 0 spiro atoms. The lowest BCUT2D eigenvalue weighted by molar-refractivity contribution is -0.134. The Morgan fingerprint density at radius 1 is 1.20 bits per heavy atom. The number of hydrogen-bond donors (Lipinski definition) is 3. The predicted octanol–water partition coefficient (Wildman–Crippen LogP) is 2.10. The third kappa shape index (κ3) is 4.06. The number of sulfonamides is 1. The summed E-state index contributed by atoms with van der Waals surface area (Å²) in [7, 11) is -0.120. The van der Waals surface area contributed by atoms with Crippen LogP contribution in [-0.4, -0.2) is 49.9 Å². The molecule has 2 aromatic rings. The number of anilines is 2. The van der Waals surface area contributed by atoms with E-state index in [4.69, 9.17) is 5.21 Å². The monoisotopic (exact) mass is 452 g/mol. The van der Waals surface area contributed by atoms with Gasteiger partial charge in [0.05, 0.1) is 16.4 Å². The van der Waals surface area contributed by atoms with Crippen LogP contribution in [0, 0.1) is 5.92 Å². The number of nitrogens with one attached hydrogen (secondary N) is 2. The van der Waals surface area contributed by atoms with Gasteiger partial charge in [-0.1, -0.05) is 13.8 Å². The molecule has 162 valence electrons. The first kappa shape index (κ1) is 22.2. The summed E-state index contributed by atoms with van der Waals surface area (Å²) in [4.78, 5) is 27.1. The van der Waals surface area contributed by atoms with Crippen LogP contribution in [0.1, 0.15) is 29.1 Å². The van der Waals surface area contributed by atoms with Crippen LogP contribution in [0.15, 0.2) is 35.2 Å². The molecule has 9 nitrogen and oxygen atoms in total. The molecule has 1 atom stereocenters. The van der Waals surface area contributed by atoms with Gasteiger partial charge in [-0.3, -0.25) is 14.8 Å². The van der Waals surface area contributed by atoms with E-state index in [1.165, 1.54) is 6.07 Å². The van der Waals surface area contributed by atoms with Crippen molar-refractivity contribution in [1.29, 1.82) is 0 Å². The highest BCUT2D eigenvalue weighted by atomic mass is 32.2. The number of carbonyl (C=O) groups is 2. The van der Waals surface area contributed by atoms with Crippen LogP contribution in [0.2, 0.25) is 0 Å². The van der Waals surface area contributed by atoms with E-state index >= 15 is 0 Å². The van der Waals surface area contributed by atoms with E-state index in [-0.39, 0.29) is 23.3 Å². The Morgan fingerprint density at radius 2 is 1.83 bits per heavy atom. The van der Waals surface area contributed by atoms with E-state index in [0.717, 1.165) is 21.3 Å². The lowest BCUT2D eigenvalue weighted by atomic mass is 10.0. The predicted molar refractivity (Wildman–Crippen MR) is 114 cm³/mol. The fourth-order valence-electron chi connectivity index (χ4n) is 3.33. The number of fused-ring (bicyclic) bond motifs is 1. The first-order chi connectivity index (χ1) is 14.1. The van der Waals surface area contributed by atoms with Crippen LogP contribution in [0.25, 0.3) is 0 Å². The summed E-state index contributed by atoms with van der Waals surface area (Å²) in [5, 5.41) is 12.1. The minimum Gasteiger partial charge on any atom is -0.378 e. The Balaban J connectivity index is 1.80. The van der Waals surface area contributed by atoms with Crippen molar-refractivity contribution >= 4 is 43.9 Å². The van der Waals surface area contributed by atoms with Crippen LogP contribution in [0.5, 0.6) is 0 Å². The number of nitrogens with zero attached hydrogens (tertiary/aromatic N) is 2. The Bertz CT molecular complexity index is 1060. The fraction of sp³-hybridized carbons (Fsp3) is 0.368. The van der Waals surface area contributed by atoms with Crippen molar-refractivity contribution in [2.24, 2.45) is 5.92 Å². The highest BCUT2D eigenvalue weighted by molar-refractivity contribution is 7.89. The number of amides is 2. The Labute approximate surface area is 179 Å². The molecule has 11 heteroatoms. The molecule has 1 unspecified atom stereocenters. The van der Waals surface area contributed by atoms with Gasteiger partial charge < -0.3 is 10.2 Å². The molecule has 0 saturated heterocycles. The van der Waals surface area contributed by atoms with Crippen molar-refractivity contribution in [3.8, 4) is 0 Å². The molecular weight excluding hydrogens is 428 g/mol. The largest absolute Gasteiger partial charge is 0.378 e. The van der Waals surface area contributed by atoms with Crippen LogP contribution < -0.4 is 15.7 Å². The normalized spacial score (nSPS) is 16.2. The van der Waals surface area contributed by atoms with Crippen molar-refractivity contribution in [2.45, 2.75) is 31.3 Å². The quantitative estimate of drug-likeness (QED) is 0.456. The standard InChI is InChI=1S/C19H24N4O5S2/c1-11(2)17(19(25)21-26)23-10-14-15(30(23,27)28)9-16(29-14)20-18(24)12-5-7-13(8-6-12)22(3)4/h5-9,11,17,26H,10H2,1-4H3,(H,20,24)(H,21,25). The van der Waals surface area contributed by atoms with Crippen LogP contribution in [0.4, 0.5) is 10.7 Å². The second kappa shape index (κ2) is 8.34. The summed E-state index contributed by atoms with van der Waals surface area (Å²) < 4.78 is 27.0. The van der Waals surface area contributed by atoms with E-state index in [0.29, 0.717) is 15.4 Å². The van der Waals surface area contributed by atoms with E-state index in [2.05, 4.69) is 5.32 Å². The second-order valence-electron chi connectivity index (χ2n) is 7.51. The maximum Gasteiger partial charge on any atom is 0.262 e. The Hall–Kier alpha value is -2.47. The molecule has 0 radical (unpaired) electrons. The number of rotatable bonds is 6. The molecule has 3 rings (SSSR count). The highest BCUT2D eigenvalue weighted by Gasteiger charge is 2.44. The van der Waals surface area contributed by atoms with Gasteiger partial charge in [-0.2, -0.15) is 4.31 Å². The van der Waals surface area contributed by atoms with Crippen molar-refractivity contribution in [3.05, 3.63) is 40.8 Å². The second-order valence-corrected chi connectivity index (χ2v) is 10.5. The highest BCUT2D eigenvalue weighted by Crippen LogP contribution is 2.41. The van der Waals surface area contributed by atoms with Crippen molar-refractivity contribution < 1.29 is 23.2 Å². The first-order valence-corrected chi connectivity index (χ1v) is 11.5. The lowest BCUT2D eigenvalue weighted by Gasteiger charge is -2.27. The molecule has 0 bridgehead atoms. The summed E-state index contributed by atoms with van der Waals surface area (Å²) in [6.07, 6.45) is 0. The van der Waals surface area contributed by atoms with Gasteiger partial charge in [0.15, 0.2) is 0 Å². The SMILES string of the molecule is CC(C)C(C(=O)NO)N1Cc2sc(NC(=O)c3ccc(N(C)C)cc3)cc2S1(=O)=O. The molecule has 2 heterocycles. The van der Waals surface area contributed by atoms with Crippen LogP contribution in [0.3, 0.4) is 0 Å². The zero-order valence-electron chi connectivity index (χ0n) is 17.0. The Kier molecular flexibility index (Phi) is 6.18. The summed E-state index contributed by atoms with van der Waals surface area (Å²) in [6, 6.07) is 7.42. The average Bonchev–Trinajstić information content (AvgIpc) is 3.19. The van der Waals surface area contributed by atoms with E-state index in [9.17, 15) is 18.0 Å². The molecule has 1 aliphatic heterocycles. The third-order valence-corrected chi connectivity index (χ3v) is 7.92. The smallest absolute Gasteiger partial charge is 0.262 e. The molecule has 1 aromatic heterocycles. The van der Waals surface area contributed by atoms with Crippen molar-refractivity contribution in [2.75, 3.05) is 24.3 Å². The number of carbonyl (C=O) groups excluding carboxylic acids is 2. The number of thiophene rings is 1. The number of hydroxylamine groups is 1. The summed E-state index contributed by atoms with van der Waals surface area (Å²) >= 11 is 1.15. The number of benzene rings is 1. The molecule has 0 fully saturated rings. The zero-order valence-corrected chi connectivity index (χ0v) is 18.7. The topological polar surface area (TPSA) is 119 Å². The van der Waals surface area contributed by atoms with E-state index in [1.54, 1.807) is 31.5 Å².